The number of rotatable bonds is 2. The molecule has 0 aromatic heterocycles. The summed E-state index contributed by atoms with van der Waals surface area (Å²) in [5.41, 5.74) is 5.67. The standard InChI is InChI=1S/C13H16BrFN2O2/c14-8-6-9(15)10(16)5-7(8)13(19)17-11-3-1-2-4-12(11)18/h5-6,11-12,18H,1-4,16H2,(H,17,19)/t11-,12-/m1/s1. The van der Waals surface area contributed by atoms with E-state index >= 15 is 0 Å². The van der Waals surface area contributed by atoms with Gasteiger partial charge in [0.05, 0.1) is 23.4 Å². The first-order valence-corrected chi connectivity index (χ1v) is 7.02. The van der Waals surface area contributed by atoms with E-state index in [4.69, 9.17) is 5.73 Å². The van der Waals surface area contributed by atoms with Crippen molar-refractivity contribution in [2.45, 2.75) is 37.8 Å². The second-order valence-electron chi connectivity index (χ2n) is 4.79. The summed E-state index contributed by atoms with van der Waals surface area (Å²) in [6.07, 6.45) is 2.88. The van der Waals surface area contributed by atoms with Crippen LogP contribution >= 0.6 is 15.9 Å². The average molecular weight is 331 g/mol. The van der Waals surface area contributed by atoms with Crippen LogP contribution in [0.25, 0.3) is 0 Å². The number of halogens is 2. The van der Waals surface area contributed by atoms with E-state index in [1.165, 1.54) is 12.1 Å². The maximum Gasteiger partial charge on any atom is 0.252 e. The third-order valence-electron chi connectivity index (χ3n) is 3.38. The molecule has 0 spiro atoms. The van der Waals surface area contributed by atoms with Gasteiger partial charge in [0.2, 0.25) is 0 Å². The molecular formula is C13H16BrFN2O2. The number of carbonyl (C=O) groups excluding carboxylic acids is 1. The molecule has 0 heterocycles. The Hall–Kier alpha value is -1.14. The molecule has 0 aliphatic heterocycles. The van der Waals surface area contributed by atoms with Crippen molar-refractivity contribution in [2.24, 2.45) is 0 Å². The SMILES string of the molecule is Nc1cc(C(=O)N[C@@H]2CCCC[C@H]2O)c(Br)cc1F. The van der Waals surface area contributed by atoms with Crippen LogP contribution in [0.1, 0.15) is 36.0 Å². The minimum Gasteiger partial charge on any atom is -0.396 e. The fourth-order valence-corrected chi connectivity index (χ4v) is 2.76. The van der Waals surface area contributed by atoms with Gasteiger partial charge in [-0.25, -0.2) is 4.39 Å². The highest BCUT2D eigenvalue weighted by molar-refractivity contribution is 9.10. The number of hydrogen-bond acceptors (Lipinski definition) is 3. The molecule has 1 aliphatic carbocycles. The molecule has 1 amide bonds. The molecule has 0 saturated heterocycles. The molecule has 4 N–H and O–H groups in total. The summed E-state index contributed by atoms with van der Waals surface area (Å²) >= 11 is 3.14. The molecule has 1 aliphatic rings. The number of aliphatic hydroxyl groups excluding tert-OH is 1. The Morgan fingerprint density at radius 3 is 2.79 bits per heavy atom. The van der Waals surface area contributed by atoms with Crippen molar-refractivity contribution in [1.29, 1.82) is 0 Å². The largest absolute Gasteiger partial charge is 0.396 e. The summed E-state index contributed by atoms with van der Waals surface area (Å²) in [6.45, 7) is 0. The Morgan fingerprint density at radius 1 is 1.42 bits per heavy atom. The van der Waals surface area contributed by atoms with E-state index in [2.05, 4.69) is 21.2 Å². The molecule has 2 atom stereocenters. The lowest BCUT2D eigenvalue weighted by Crippen LogP contribution is -2.45. The van der Waals surface area contributed by atoms with Gasteiger partial charge in [0, 0.05) is 4.47 Å². The van der Waals surface area contributed by atoms with Gasteiger partial charge in [-0.2, -0.15) is 0 Å². The zero-order valence-electron chi connectivity index (χ0n) is 10.3. The molecular weight excluding hydrogens is 315 g/mol. The smallest absolute Gasteiger partial charge is 0.252 e. The van der Waals surface area contributed by atoms with Crippen LogP contribution in [0.5, 0.6) is 0 Å². The number of carbonyl (C=O) groups is 1. The first kappa shape index (κ1) is 14.3. The Balaban J connectivity index is 2.13. The molecule has 2 rings (SSSR count). The van der Waals surface area contributed by atoms with Crippen molar-refractivity contribution in [1.82, 2.24) is 5.32 Å². The van der Waals surface area contributed by atoms with Gasteiger partial charge in [-0.1, -0.05) is 12.8 Å². The number of amides is 1. The molecule has 19 heavy (non-hydrogen) atoms. The number of nitrogens with one attached hydrogen (secondary N) is 1. The van der Waals surface area contributed by atoms with Crippen molar-refractivity contribution in [2.75, 3.05) is 5.73 Å². The minimum absolute atomic E-state index is 0.0717. The second-order valence-corrected chi connectivity index (χ2v) is 5.64. The van der Waals surface area contributed by atoms with Crippen LogP contribution in [0, 0.1) is 5.82 Å². The number of nitrogen functional groups attached to an aromatic ring is 1. The van der Waals surface area contributed by atoms with Crippen LogP contribution in [0.15, 0.2) is 16.6 Å². The molecule has 1 aromatic carbocycles. The van der Waals surface area contributed by atoms with Gasteiger partial charge < -0.3 is 16.2 Å². The normalized spacial score (nSPS) is 23.1. The highest BCUT2D eigenvalue weighted by atomic mass is 79.9. The van der Waals surface area contributed by atoms with Crippen LogP contribution in [-0.2, 0) is 0 Å². The third kappa shape index (κ3) is 3.25. The predicted molar refractivity (Wildman–Crippen MR) is 74.2 cm³/mol. The molecule has 104 valence electrons. The first-order valence-electron chi connectivity index (χ1n) is 6.22. The number of nitrogens with two attached hydrogens (primary N) is 1. The Labute approximate surface area is 119 Å². The molecule has 1 saturated carbocycles. The van der Waals surface area contributed by atoms with Gasteiger partial charge >= 0.3 is 0 Å². The van der Waals surface area contributed by atoms with Crippen molar-refractivity contribution < 1.29 is 14.3 Å². The highest BCUT2D eigenvalue weighted by Gasteiger charge is 2.25. The Bertz CT molecular complexity index is 496. The lowest BCUT2D eigenvalue weighted by Gasteiger charge is -2.28. The number of anilines is 1. The van der Waals surface area contributed by atoms with E-state index in [0.717, 1.165) is 19.3 Å². The molecule has 6 heteroatoms. The van der Waals surface area contributed by atoms with Crippen molar-refractivity contribution in [3.63, 3.8) is 0 Å². The predicted octanol–water partition coefficient (Wildman–Crippen LogP) is 2.20. The van der Waals surface area contributed by atoms with Gasteiger partial charge in [-0.05, 0) is 40.9 Å². The van der Waals surface area contributed by atoms with Gasteiger partial charge in [0.15, 0.2) is 0 Å². The average Bonchev–Trinajstić information content (AvgIpc) is 2.36. The fraction of sp³-hybridized carbons (Fsp3) is 0.462. The van der Waals surface area contributed by atoms with E-state index in [1.807, 2.05) is 0 Å². The Morgan fingerprint density at radius 2 is 2.11 bits per heavy atom. The lowest BCUT2D eigenvalue weighted by molar-refractivity contribution is 0.0716. The van der Waals surface area contributed by atoms with Crippen LogP contribution < -0.4 is 11.1 Å². The van der Waals surface area contributed by atoms with E-state index in [1.54, 1.807) is 0 Å². The van der Waals surface area contributed by atoms with Gasteiger partial charge in [-0.3, -0.25) is 4.79 Å². The van der Waals surface area contributed by atoms with Gasteiger partial charge in [0.1, 0.15) is 5.82 Å². The molecule has 4 nitrogen and oxygen atoms in total. The van der Waals surface area contributed by atoms with Crippen LogP contribution in [0.3, 0.4) is 0 Å². The fourth-order valence-electron chi connectivity index (χ4n) is 2.27. The zero-order valence-corrected chi connectivity index (χ0v) is 11.9. The zero-order chi connectivity index (χ0) is 14.0. The summed E-state index contributed by atoms with van der Waals surface area (Å²) in [4.78, 5) is 12.1. The van der Waals surface area contributed by atoms with E-state index in [9.17, 15) is 14.3 Å². The molecule has 0 unspecified atom stereocenters. The molecule has 1 fully saturated rings. The van der Waals surface area contributed by atoms with Gasteiger partial charge in [0.25, 0.3) is 5.91 Å². The quantitative estimate of drug-likeness (QED) is 0.728. The van der Waals surface area contributed by atoms with Crippen molar-refractivity contribution >= 4 is 27.5 Å². The van der Waals surface area contributed by atoms with E-state index in [-0.39, 0.29) is 23.2 Å². The highest BCUT2D eigenvalue weighted by Crippen LogP contribution is 2.24. The van der Waals surface area contributed by atoms with E-state index in [0.29, 0.717) is 10.9 Å². The van der Waals surface area contributed by atoms with Gasteiger partial charge in [-0.15, -0.1) is 0 Å². The first-order chi connectivity index (χ1) is 8.99. The molecule has 0 radical (unpaired) electrons. The monoisotopic (exact) mass is 330 g/mol. The number of aliphatic hydroxyl groups is 1. The topological polar surface area (TPSA) is 75.4 Å². The number of benzene rings is 1. The maximum absolute atomic E-state index is 13.2. The summed E-state index contributed by atoms with van der Waals surface area (Å²) in [5, 5.41) is 12.6. The summed E-state index contributed by atoms with van der Waals surface area (Å²) in [5.74, 6) is -0.925. The summed E-state index contributed by atoms with van der Waals surface area (Å²) < 4.78 is 13.6. The number of hydrogen-bond donors (Lipinski definition) is 3. The second kappa shape index (κ2) is 5.88. The summed E-state index contributed by atoms with van der Waals surface area (Å²) in [7, 11) is 0. The summed E-state index contributed by atoms with van der Waals surface area (Å²) in [6, 6.07) is 2.21. The van der Waals surface area contributed by atoms with Crippen LogP contribution in [0.2, 0.25) is 0 Å². The van der Waals surface area contributed by atoms with Crippen LogP contribution in [-0.4, -0.2) is 23.2 Å². The minimum atomic E-state index is -0.568. The lowest BCUT2D eigenvalue weighted by atomic mass is 9.92. The van der Waals surface area contributed by atoms with Crippen LogP contribution in [0.4, 0.5) is 10.1 Å². The Kier molecular flexibility index (Phi) is 4.42. The molecule has 1 aromatic rings. The van der Waals surface area contributed by atoms with E-state index < -0.39 is 11.9 Å². The van der Waals surface area contributed by atoms with Crippen molar-refractivity contribution in [3.8, 4) is 0 Å². The van der Waals surface area contributed by atoms with Crippen molar-refractivity contribution in [3.05, 3.63) is 28.0 Å². The maximum atomic E-state index is 13.2. The molecule has 0 bridgehead atoms. The third-order valence-corrected chi connectivity index (χ3v) is 4.03.